The number of carbonyl (C=O) groups is 1. The van der Waals surface area contributed by atoms with Gasteiger partial charge in [0, 0.05) is 11.9 Å². The number of aromatic nitrogens is 2. The highest BCUT2D eigenvalue weighted by atomic mass is 32.2. The number of anilines is 1. The molecule has 2 aromatic heterocycles. The number of para-hydroxylation sites is 1. The molecular formula is C17H17N3O2S. The summed E-state index contributed by atoms with van der Waals surface area (Å²) in [5, 5.41) is 3.16. The molecule has 118 valence electrons. The minimum absolute atomic E-state index is 0.0537. The molecule has 3 rings (SSSR count). The lowest BCUT2D eigenvalue weighted by molar-refractivity contribution is -0.115. The fourth-order valence-electron chi connectivity index (χ4n) is 2.17. The second kappa shape index (κ2) is 6.83. The molecule has 5 nitrogen and oxygen atoms in total. The van der Waals surface area contributed by atoms with Gasteiger partial charge >= 0.3 is 0 Å². The fourth-order valence-corrected chi connectivity index (χ4v) is 3.02. The number of benzene rings is 1. The molecule has 1 N–H and O–H groups in total. The summed E-state index contributed by atoms with van der Waals surface area (Å²) < 4.78 is 5.63. The van der Waals surface area contributed by atoms with Crippen LogP contribution in [0.3, 0.4) is 0 Å². The van der Waals surface area contributed by atoms with Gasteiger partial charge in [0.15, 0.2) is 11.2 Å². The Hall–Kier alpha value is -2.34. The van der Waals surface area contributed by atoms with Crippen molar-refractivity contribution >= 4 is 34.6 Å². The highest BCUT2D eigenvalue weighted by Crippen LogP contribution is 2.28. The summed E-state index contributed by atoms with van der Waals surface area (Å²) in [4.78, 5) is 21.0. The zero-order chi connectivity index (χ0) is 16.2. The van der Waals surface area contributed by atoms with E-state index in [0.29, 0.717) is 22.9 Å². The van der Waals surface area contributed by atoms with Crippen LogP contribution in [0, 0.1) is 6.92 Å². The summed E-state index contributed by atoms with van der Waals surface area (Å²) in [5.41, 5.74) is 3.05. The predicted molar refractivity (Wildman–Crippen MR) is 91.5 cm³/mol. The SMILES string of the molecule is CC[C@@H](Sc1nc2ncccc2o1)C(=O)Nc1ccccc1C. The molecule has 23 heavy (non-hydrogen) atoms. The third-order valence-electron chi connectivity index (χ3n) is 3.45. The molecule has 0 fully saturated rings. The van der Waals surface area contributed by atoms with Gasteiger partial charge in [0.05, 0.1) is 5.25 Å². The van der Waals surface area contributed by atoms with Crippen molar-refractivity contribution < 1.29 is 9.21 Å². The largest absolute Gasteiger partial charge is 0.430 e. The van der Waals surface area contributed by atoms with Crippen LogP contribution >= 0.6 is 11.8 Å². The van der Waals surface area contributed by atoms with Crippen molar-refractivity contribution in [3.63, 3.8) is 0 Å². The highest BCUT2D eigenvalue weighted by molar-refractivity contribution is 8.00. The fraction of sp³-hybridized carbons (Fsp3) is 0.235. The zero-order valence-electron chi connectivity index (χ0n) is 12.9. The Morgan fingerprint density at radius 2 is 2.13 bits per heavy atom. The van der Waals surface area contributed by atoms with Crippen LogP contribution in [0.4, 0.5) is 5.69 Å². The Kier molecular flexibility index (Phi) is 4.62. The average Bonchev–Trinajstić information content (AvgIpc) is 2.97. The molecule has 1 amide bonds. The molecule has 0 unspecified atom stereocenters. The van der Waals surface area contributed by atoms with E-state index in [1.165, 1.54) is 11.8 Å². The van der Waals surface area contributed by atoms with E-state index in [-0.39, 0.29) is 11.2 Å². The van der Waals surface area contributed by atoms with Crippen molar-refractivity contribution in [1.82, 2.24) is 9.97 Å². The van der Waals surface area contributed by atoms with E-state index < -0.39 is 0 Å². The molecule has 3 aromatic rings. The summed E-state index contributed by atoms with van der Waals surface area (Å²) in [6, 6.07) is 11.3. The Morgan fingerprint density at radius 1 is 1.30 bits per heavy atom. The van der Waals surface area contributed by atoms with Crippen molar-refractivity contribution in [1.29, 1.82) is 0 Å². The van der Waals surface area contributed by atoms with E-state index in [1.807, 2.05) is 44.2 Å². The van der Waals surface area contributed by atoms with Gasteiger partial charge in [0.2, 0.25) is 5.91 Å². The topological polar surface area (TPSA) is 68.0 Å². The van der Waals surface area contributed by atoms with Crippen LogP contribution in [-0.2, 0) is 4.79 Å². The molecule has 0 aliphatic heterocycles. The smallest absolute Gasteiger partial charge is 0.259 e. The Morgan fingerprint density at radius 3 is 2.87 bits per heavy atom. The summed E-state index contributed by atoms with van der Waals surface area (Å²) in [7, 11) is 0. The number of oxazole rings is 1. The molecule has 1 aromatic carbocycles. The number of hydrogen-bond donors (Lipinski definition) is 1. The van der Waals surface area contributed by atoms with Crippen molar-refractivity contribution in [3.8, 4) is 0 Å². The van der Waals surface area contributed by atoms with E-state index in [9.17, 15) is 4.79 Å². The molecule has 0 aliphatic carbocycles. The lowest BCUT2D eigenvalue weighted by Gasteiger charge is -2.14. The summed E-state index contributed by atoms with van der Waals surface area (Å²) >= 11 is 1.32. The maximum atomic E-state index is 12.5. The van der Waals surface area contributed by atoms with Crippen LogP contribution in [0.15, 0.2) is 52.2 Å². The third-order valence-corrected chi connectivity index (χ3v) is 4.66. The number of nitrogens with zero attached hydrogens (tertiary/aromatic N) is 2. The van der Waals surface area contributed by atoms with Crippen LogP contribution in [0.5, 0.6) is 0 Å². The maximum Gasteiger partial charge on any atom is 0.259 e. The number of aryl methyl sites for hydroxylation is 1. The summed E-state index contributed by atoms with van der Waals surface area (Å²) in [6.07, 6.45) is 2.34. The van der Waals surface area contributed by atoms with E-state index in [2.05, 4.69) is 15.3 Å². The van der Waals surface area contributed by atoms with Crippen LogP contribution in [0.1, 0.15) is 18.9 Å². The molecule has 2 heterocycles. The van der Waals surface area contributed by atoms with Gasteiger partial charge in [-0.3, -0.25) is 4.79 Å². The van der Waals surface area contributed by atoms with Gasteiger partial charge in [-0.25, -0.2) is 4.98 Å². The highest BCUT2D eigenvalue weighted by Gasteiger charge is 2.21. The van der Waals surface area contributed by atoms with Crippen LogP contribution < -0.4 is 5.32 Å². The second-order valence-electron chi connectivity index (χ2n) is 5.12. The first-order valence-electron chi connectivity index (χ1n) is 7.42. The van der Waals surface area contributed by atoms with Crippen LogP contribution in [0.25, 0.3) is 11.2 Å². The molecule has 0 spiro atoms. The molecule has 0 bridgehead atoms. The summed E-state index contributed by atoms with van der Waals surface area (Å²) in [5.74, 6) is -0.0537. The number of carbonyl (C=O) groups excluding carboxylic acids is 1. The standard InChI is InChI=1S/C17H17N3O2S/c1-3-14(16(21)19-12-8-5-4-7-11(12)2)23-17-20-15-13(22-17)9-6-10-18-15/h4-10,14H,3H2,1-2H3,(H,19,21)/t14-/m1/s1. The second-order valence-corrected chi connectivity index (χ2v) is 6.28. The van der Waals surface area contributed by atoms with Crippen molar-refractivity contribution in [2.75, 3.05) is 5.32 Å². The predicted octanol–water partition coefficient (Wildman–Crippen LogP) is 4.04. The minimum atomic E-state index is -0.275. The van der Waals surface area contributed by atoms with Gasteiger partial charge in [-0.2, -0.15) is 4.98 Å². The van der Waals surface area contributed by atoms with Gasteiger partial charge in [-0.05, 0) is 37.1 Å². The van der Waals surface area contributed by atoms with Gasteiger partial charge < -0.3 is 9.73 Å². The molecular weight excluding hydrogens is 310 g/mol. The normalized spacial score (nSPS) is 12.3. The van der Waals surface area contributed by atoms with Crippen LogP contribution in [0.2, 0.25) is 0 Å². The Bertz CT molecular complexity index is 798. The zero-order valence-corrected chi connectivity index (χ0v) is 13.8. The van der Waals surface area contributed by atoms with Gasteiger partial charge in [-0.15, -0.1) is 0 Å². The monoisotopic (exact) mass is 327 g/mol. The van der Waals surface area contributed by atoms with E-state index in [0.717, 1.165) is 11.3 Å². The first kappa shape index (κ1) is 15.6. The van der Waals surface area contributed by atoms with E-state index >= 15 is 0 Å². The minimum Gasteiger partial charge on any atom is -0.430 e. The molecule has 0 radical (unpaired) electrons. The lowest BCUT2D eigenvalue weighted by Crippen LogP contribution is -2.24. The summed E-state index contributed by atoms with van der Waals surface area (Å²) in [6.45, 7) is 3.94. The Balaban J connectivity index is 1.74. The van der Waals surface area contributed by atoms with Crippen molar-refractivity contribution in [3.05, 3.63) is 48.2 Å². The molecule has 0 saturated heterocycles. The third kappa shape index (κ3) is 3.53. The molecule has 1 atom stereocenters. The Labute approximate surface area is 138 Å². The van der Waals surface area contributed by atoms with Crippen molar-refractivity contribution in [2.24, 2.45) is 0 Å². The lowest BCUT2D eigenvalue weighted by atomic mass is 10.2. The number of amides is 1. The van der Waals surface area contributed by atoms with E-state index in [4.69, 9.17) is 4.42 Å². The quantitative estimate of drug-likeness (QED) is 0.716. The number of rotatable bonds is 5. The first-order chi connectivity index (χ1) is 11.2. The maximum absolute atomic E-state index is 12.5. The number of pyridine rings is 1. The van der Waals surface area contributed by atoms with E-state index in [1.54, 1.807) is 12.3 Å². The number of thioether (sulfide) groups is 1. The van der Waals surface area contributed by atoms with Gasteiger partial charge in [-0.1, -0.05) is 36.9 Å². The number of fused-ring (bicyclic) bond motifs is 1. The van der Waals surface area contributed by atoms with Crippen LogP contribution in [-0.4, -0.2) is 21.1 Å². The average molecular weight is 327 g/mol. The first-order valence-corrected chi connectivity index (χ1v) is 8.30. The van der Waals surface area contributed by atoms with Crippen molar-refractivity contribution in [2.45, 2.75) is 30.7 Å². The van der Waals surface area contributed by atoms with Gasteiger partial charge in [0.1, 0.15) is 0 Å². The number of nitrogens with one attached hydrogen (secondary N) is 1. The molecule has 0 aliphatic rings. The molecule has 6 heteroatoms. The molecule has 0 saturated carbocycles. The van der Waals surface area contributed by atoms with Gasteiger partial charge in [0.25, 0.3) is 5.22 Å². The number of hydrogen-bond acceptors (Lipinski definition) is 5.